The molecule has 4 rings (SSSR count). The van der Waals surface area contributed by atoms with Crippen LogP contribution in [0.15, 0.2) is 60.7 Å². The monoisotopic (exact) mass is 588 g/mol. The largest absolute Gasteiger partial charge is 0.384 e. The number of rotatable bonds is 12. The minimum absolute atomic E-state index is 0.237. The quantitative estimate of drug-likeness (QED) is 0.120. The van der Waals surface area contributed by atoms with E-state index in [1.807, 2.05) is 0 Å². The molecule has 204 valence electrons. The van der Waals surface area contributed by atoms with Crippen molar-refractivity contribution in [1.82, 2.24) is 20.4 Å². The molecule has 5 N–H and O–H groups in total. The number of aliphatic hydroxyl groups excluding tert-OH is 3. The van der Waals surface area contributed by atoms with Gasteiger partial charge in [0, 0.05) is 16.5 Å². The Morgan fingerprint density at radius 3 is 2.23 bits per heavy atom. The maximum atomic E-state index is 12.3. The van der Waals surface area contributed by atoms with Crippen LogP contribution in [-0.4, -0.2) is 47.8 Å². The van der Waals surface area contributed by atoms with E-state index >= 15 is 0 Å². The summed E-state index contributed by atoms with van der Waals surface area (Å²) in [7, 11) is 0. The van der Waals surface area contributed by atoms with E-state index in [-0.39, 0.29) is 5.82 Å². The molecule has 0 saturated heterocycles. The summed E-state index contributed by atoms with van der Waals surface area (Å²) in [6, 6.07) is 16.5. The minimum Gasteiger partial charge on any atom is -0.384 e. The zero-order valence-electron chi connectivity index (χ0n) is 20.5. The van der Waals surface area contributed by atoms with E-state index in [4.69, 9.17) is 23.2 Å². The number of unbranched alkanes of at least 4 members (excludes halogenated alkanes) is 1. The van der Waals surface area contributed by atoms with Gasteiger partial charge in [-0.15, -0.1) is 15.3 Å². The van der Waals surface area contributed by atoms with Crippen LogP contribution in [0.25, 0.3) is 0 Å². The molecule has 2 aromatic heterocycles. The van der Waals surface area contributed by atoms with Gasteiger partial charge in [0.1, 0.15) is 11.1 Å². The third-order valence-electron chi connectivity index (χ3n) is 5.68. The number of amides is 1. The van der Waals surface area contributed by atoms with Crippen LogP contribution in [0.2, 0.25) is 10.0 Å². The summed E-state index contributed by atoms with van der Waals surface area (Å²) in [6.45, 7) is 0. The number of anilines is 2. The van der Waals surface area contributed by atoms with Crippen LogP contribution in [0.3, 0.4) is 0 Å². The van der Waals surface area contributed by atoms with E-state index in [2.05, 4.69) is 31.0 Å². The predicted molar refractivity (Wildman–Crippen MR) is 150 cm³/mol. The Morgan fingerprint density at radius 2 is 1.54 bits per heavy atom. The SMILES string of the molecule is O=C(Nc1ccc(CCCCc2nnc(NC(O)C(O)c3cccc(Cl)c3)s2)nn1)C(O)c1cccc(Cl)c1. The average molecular weight is 590 g/mol. The summed E-state index contributed by atoms with van der Waals surface area (Å²) in [5.41, 5.74) is 1.64. The van der Waals surface area contributed by atoms with Gasteiger partial charge < -0.3 is 26.0 Å². The van der Waals surface area contributed by atoms with Crippen molar-refractivity contribution in [2.45, 2.75) is 44.1 Å². The molecule has 0 fully saturated rings. The lowest BCUT2D eigenvalue weighted by Gasteiger charge is -2.18. The van der Waals surface area contributed by atoms with Crippen LogP contribution in [0.5, 0.6) is 0 Å². The van der Waals surface area contributed by atoms with E-state index in [0.717, 1.165) is 23.5 Å². The number of aromatic nitrogens is 4. The van der Waals surface area contributed by atoms with E-state index in [1.54, 1.807) is 54.6 Å². The summed E-state index contributed by atoms with van der Waals surface area (Å²) >= 11 is 13.2. The van der Waals surface area contributed by atoms with Crippen LogP contribution in [-0.2, 0) is 17.6 Å². The number of carbonyl (C=O) groups is 1. The number of aryl methyl sites for hydroxylation is 2. The molecule has 39 heavy (non-hydrogen) atoms. The Morgan fingerprint density at radius 1 is 0.846 bits per heavy atom. The van der Waals surface area contributed by atoms with Crippen molar-refractivity contribution < 1.29 is 20.1 Å². The second kappa shape index (κ2) is 13.7. The molecule has 2 heterocycles. The lowest BCUT2D eigenvalue weighted by atomic mass is 10.1. The molecule has 13 heteroatoms. The first-order valence-electron chi connectivity index (χ1n) is 12.1. The lowest BCUT2D eigenvalue weighted by Crippen LogP contribution is -2.26. The van der Waals surface area contributed by atoms with Gasteiger partial charge >= 0.3 is 0 Å². The molecular weight excluding hydrogens is 563 g/mol. The first-order chi connectivity index (χ1) is 18.8. The number of hydrogen-bond donors (Lipinski definition) is 5. The van der Waals surface area contributed by atoms with Crippen LogP contribution in [0.1, 0.15) is 46.9 Å². The fourth-order valence-corrected chi connectivity index (χ4v) is 4.87. The number of hydrogen-bond acceptors (Lipinski definition) is 10. The summed E-state index contributed by atoms with van der Waals surface area (Å²) < 4.78 is 0. The van der Waals surface area contributed by atoms with Gasteiger partial charge in [0.15, 0.2) is 18.1 Å². The Bertz CT molecular complexity index is 1390. The first kappa shape index (κ1) is 28.8. The number of benzene rings is 2. The number of halogens is 2. The smallest absolute Gasteiger partial charge is 0.259 e. The van der Waals surface area contributed by atoms with E-state index in [1.165, 1.54) is 17.4 Å². The Balaban J connectivity index is 1.18. The van der Waals surface area contributed by atoms with Crippen molar-refractivity contribution in [2.75, 3.05) is 10.6 Å². The molecule has 0 spiro atoms. The topological polar surface area (TPSA) is 153 Å². The summed E-state index contributed by atoms with van der Waals surface area (Å²) in [6.07, 6.45) is -0.797. The van der Waals surface area contributed by atoms with Crippen molar-refractivity contribution >= 4 is 51.4 Å². The van der Waals surface area contributed by atoms with Crippen molar-refractivity contribution in [2.24, 2.45) is 0 Å². The molecule has 2 aromatic carbocycles. The van der Waals surface area contributed by atoms with Gasteiger partial charge in [0.05, 0.1) is 5.69 Å². The highest BCUT2D eigenvalue weighted by molar-refractivity contribution is 7.15. The molecule has 0 saturated carbocycles. The number of carbonyl (C=O) groups excluding carboxylic acids is 1. The fraction of sp³-hybridized carbons (Fsp3) is 0.269. The maximum Gasteiger partial charge on any atom is 0.259 e. The first-order valence-corrected chi connectivity index (χ1v) is 13.6. The standard InChI is InChI=1S/C26H26Cl2N6O4S/c27-17-7-3-5-15(13-17)22(35)24(37)29-20-12-11-19(31-32-20)9-1-2-10-21-33-34-26(39-21)30-25(38)23(36)16-6-4-8-18(28)14-16/h3-8,11-14,22-23,25,35-36,38H,1-2,9-10H2,(H,30,34)(H,29,32,37). The van der Waals surface area contributed by atoms with Gasteiger partial charge in [-0.3, -0.25) is 4.79 Å². The maximum absolute atomic E-state index is 12.3. The zero-order valence-corrected chi connectivity index (χ0v) is 22.9. The number of nitrogens with zero attached hydrogens (tertiary/aromatic N) is 4. The molecule has 10 nitrogen and oxygen atoms in total. The van der Waals surface area contributed by atoms with Gasteiger partial charge in [-0.25, -0.2) is 0 Å². The second-order valence-corrected chi connectivity index (χ2v) is 10.6. The minimum atomic E-state index is -1.38. The molecule has 0 aliphatic heterocycles. The summed E-state index contributed by atoms with van der Waals surface area (Å²) in [4.78, 5) is 12.3. The summed E-state index contributed by atoms with van der Waals surface area (Å²) in [5.74, 6) is -0.391. The highest BCUT2D eigenvalue weighted by Gasteiger charge is 2.20. The van der Waals surface area contributed by atoms with Gasteiger partial charge in [-0.1, -0.05) is 58.8 Å². The molecule has 3 atom stereocenters. The predicted octanol–water partition coefficient (Wildman–Crippen LogP) is 4.34. The zero-order chi connectivity index (χ0) is 27.8. The average Bonchev–Trinajstić information content (AvgIpc) is 3.38. The third kappa shape index (κ3) is 8.40. The normalized spacial score (nSPS) is 13.5. The summed E-state index contributed by atoms with van der Waals surface area (Å²) in [5, 5.41) is 54.6. The second-order valence-electron chi connectivity index (χ2n) is 8.65. The molecule has 0 aliphatic carbocycles. The number of aliphatic hydroxyl groups is 3. The van der Waals surface area contributed by atoms with Crippen molar-refractivity contribution in [1.29, 1.82) is 0 Å². The molecule has 0 aliphatic rings. The molecule has 0 bridgehead atoms. The van der Waals surface area contributed by atoms with Gasteiger partial charge in [0.25, 0.3) is 5.91 Å². The van der Waals surface area contributed by atoms with E-state index < -0.39 is 24.3 Å². The Hall–Kier alpha value is -3.19. The van der Waals surface area contributed by atoms with Gasteiger partial charge in [-0.05, 0) is 66.8 Å². The van der Waals surface area contributed by atoms with E-state index in [0.29, 0.717) is 39.1 Å². The van der Waals surface area contributed by atoms with Crippen molar-refractivity contribution in [3.63, 3.8) is 0 Å². The lowest BCUT2D eigenvalue weighted by molar-refractivity contribution is -0.124. The molecule has 4 aromatic rings. The fourth-order valence-electron chi connectivity index (χ4n) is 3.66. The number of nitrogens with one attached hydrogen (secondary N) is 2. The Kier molecular flexibility index (Phi) is 10.2. The molecule has 0 radical (unpaired) electrons. The molecule has 3 unspecified atom stereocenters. The van der Waals surface area contributed by atoms with Crippen LogP contribution < -0.4 is 10.6 Å². The highest BCUT2D eigenvalue weighted by atomic mass is 35.5. The van der Waals surface area contributed by atoms with Crippen molar-refractivity contribution in [3.05, 3.63) is 92.5 Å². The molecule has 1 amide bonds. The van der Waals surface area contributed by atoms with Crippen LogP contribution >= 0.6 is 34.5 Å². The van der Waals surface area contributed by atoms with Crippen LogP contribution in [0.4, 0.5) is 10.9 Å². The van der Waals surface area contributed by atoms with Gasteiger partial charge in [-0.2, -0.15) is 5.10 Å². The van der Waals surface area contributed by atoms with E-state index in [9.17, 15) is 20.1 Å². The van der Waals surface area contributed by atoms with Gasteiger partial charge in [0.2, 0.25) is 5.13 Å². The van der Waals surface area contributed by atoms with Crippen LogP contribution in [0, 0.1) is 0 Å². The highest BCUT2D eigenvalue weighted by Crippen LogP contribution is 2.24. The Labute approximate surface area is 238 Å². The van der Waals surface area contributed by atoms with Crippen molar-refractivity contribution in [3.8, 4) is 0 Å². The third-order valence-corrected chi connectivity index (χ3v) is 7.07. The molecular formula is C26H26Cl2N6O4S.